The molecule has 2 aromatic heterocycles. The zero-order chi connectivity index (χ0) is 21.5. The van der Waals surface area contributed by atoms with E-state index < -0.39 is 22.0 Å². The van der Waals surface area contributed by atoms with Crippen molar-refractivity contribution in [3.63, 3.8) is 0 Å². The molecule has 154 valence electrons. The number of carbonyl (C=O) groups excluding carboxylic acids is 1. The van der Waals surface area contributed by atoms with Crippen molar-refractivity contribution < 1.29 is 17.9 Å². The number of rotatable bonds is 4. The molecule has 9 nitrogen and oxygen atoms in total. The molecular weight excluding hydrogens is 408 g/mol. The first-order valence-electron chi connectivity index (χ1n) is 9.11. The maximum atomic E-state index is 12.4. The van der Waals surface area contributed by atoms with Crippen LogP contribution in [0.15, 0.2) is 63.2 Å². The Morgan fingerprint density at radius 3 is 2.80 bits per heavy atom. The first-order valence-corrected chi connectivity index (χ1v) is 10.6. The molecule has 3 aromatic rings. The normalized spacial score (nSPS) is 16.8. The van der Waals surface area contributed by atoms with Crippen molar-refractivity contribution in [3.05, 3.63) is 75.8 Å². The molecule has 1 aromatic carbocycles. The van der Waals surface area contributed by atoms with Gasteiger partial charge in [-0.25, -0.2) is 18.2 Å². The Hall–Kier alpha value is -3.53. The molecule has 0 fully saturated rings. The molecule has 4 rings (SSSR count). The Bertz CT molecular complexity index is 1360. The van der Waals surface area contributed by atoms with Crippen molar-refractivity contribution in [1.82, 2.24) is 14.1 Å². The monoisotopic (exact) mass is 426 g/mol. The number of carbonyl (C=O) groups is 1. The van der Waals surface area contributed by atoms with Gasteiger partial charge < -0.3 is 4.74 Å². The van der Waals surface area contributed by atoms with Crippen LogP contribution in [0.1, 0.15) is 23.9 Å². The lowest BCUT2D eigenvalue weighted by molar-refractivity contribution is -0.146. The summed E-state index contributed by atoms with van der Waals surface area (Å²) in [6, 6.07) is 12.0. The summed E-state index contributed by atoms with van der Waals surface area (Å²) in [5.41, 5.74) is 1.65. The summed E-state index contributed by atoms with van der Waals surface area (Å²) < 4.78 is 33.3. The number of nitrogens with zero attached hydrogens (tertiary/aromatic N) is 3. The van der Waals surface area contributed by atoms with Gasteiger partial charge in [0.15, 0.2) is 0 Å². The highest BCUT2D eigenvalue weighted by molar-refractivity contribution is 7.90. The number of aromatic nitrogens is 2. The number of benzene rings is 1. The highest BCUT2D eigenvalue weighted by Crippen LogP contribution is 2.22. The maximum Gasteiger partial charge on any atom is 0.331 e. The third-order valence-electron chi connectivity index (χ3n) is 4.62. The number of esters is 1. The molecule has 0 saturated carbocycles. The Morgan fingerprint density at radius 2 is 2.00 bits per heavy atom. The summed E-state index contributed by atoms with van der Waals surface area (Å²) in [5.74, 6) is -0.579. The van der Waals surface area contributed by atoms with Gasteiger partial charge in [0.1, 0.15) is 24.1 Å². The number of aliphatic imine (C=N–C) groups is 1. The number of amidine groups is 1. The minimum atomic E-state index is -3.69. The lowest BCUT2D eigenvalue weighted by Crippen LogP contribution is -2.27. The number of aryl methyl sites for hydroxylation is 1. The third-order valence-corrected chi connectivity index (χ3v) is 6.02. The Labute approximate surface area is 172 Å². The van der Waals surface area contributed by atoms with Gasteiger partial charge in [0.05, 0.1) is 10.6 Å². The van der Waals surface area contributed by atoms with E-state index in [-0.39, 0.29) is 22.9 Å². The minimum absolute atomic E-state index is 0.0904. The molecule has 0 radical (unpaired) electrons. The van der Waals surface area contributed by atoms with Crippen molar-refractivity contribution in [2.24, 2.45) is 4.99 Å². The van der Waals surface area contributed by atoms with E-state index in [0.29, 0.717) is 16.9 Å². The predicted octanol–water partition coefficient (Wildman–Crippen LogP) is 1.17. The van der Waals surface area contributed by atoms with Crippen LogP contribution in [0.5, 0.6) is 0 Å². The molecule has 1 atom stereocenters. The average Bonchev–Trinajstić information content (AvgIpc) is 2.96. The highest BCUT2D eigenvalue weighted by atomic mass is 32.2. The summed E-state index contributed by atoms with van der Waals surface area (Å²) in [5, 5.41) is 0. The molecule has 30 heavy (non-hydrogen) atoms. The van der Waals surface area contributed by atoms with Crippen molar-refractivity contribution in [2.75, 3.05) is 0 Å². The van der Waals surface area contributed by atoms with E-state index >= 15 is 0 Å². The third kappa shape index (κ3) is 3.57. The van der Waals surface area contributed by atoms with E-state index in [1.807, 2.05) is 0 Å². The number of hydrogen-bond acceptors (Lipinski definition) is 7. The first kappa shape index (κ1) is 19.8. The zero-order valence-corrected chi connectivity index (χ0v) is 17.0. The maximum absolute atomic E-state index is 12.4. The number of fused-ring (bicyclic) bond motifs is 2. The molecule has 0 aliphatic carbocycles. The van der Waals surface area contributed by atoms with Crippen molar-refractivity contribution in [2.45, 2.75) is 31.4 Å². The summed E-state index contributed by atoms with van der Waals surface area (Å²) >= 11 is 0. The molecule has 0 unspecified atom stereocenters. The summed E-state index contributed by atoms with van der Waals surface area (Å²) in [7, 11) is -3.69. The molecule has 0 bridgehead atoms. The van der Waals surface area contributed by atoms with E-state index in [9.17, 15) is 18.0 Å². The lowest BCUT2D eigenvalue weighted by atomic mass is 10.2. The van der Waals surface area contributed by atoms with Gasteiger partial charge in [0.2, 0.25) is 0 Å². The largest absolute Gasteiger partial charge is 0.458 e. The second-order valence-electron chi connectivity index (χ2n) is 6.81. The fraction of sp³-hybridized carbons (Fsp3) is 0.200. The number of pyridine rings is 1. The van der Waals surface area contributed by atoms with Gasteiger partial charge in [-0.15, -0.1) is 0 Å². The highest BCUT2D eigenvalue weighted by Gasteiger charge is 2.31. The molecule has 0 amide bonds. The van der Waals surface area contributed by atoms with E-state index in [1.165, 1.54) is 23.5 Å². The molecule has 1 aliphatic heterocycles. The van der Waals surface area contributed by atoms with Gasteiger partial charge in [-0.1, -0.05) is 18.2 Å². The summed E-state index contributed by atoms with van der Waals surface area (Å²) in [6.07, 6.45) is 0. The summed E-state index contributed by atoms with van der Waals surface area (Å²) in [6.45, 7) is 3.10. The Kier molecular flexibility index (Phi) is 4.86. The molecular formula is C20H18N4O5S. The van der Waals surface area contributed by atoms with Crippen LogP contribution in [0.25, 0.3) is 5.65 Å². The van der Waals surface area contributed by atoms with E-state index in [4.69, 9.17) is 4.74 Å². The van der Waals surface area contributed by atoms with E-state index in [2.05, 4.69) is 14.7 Å². The van der Waals surface area contributed by atoms with Gasteiger partial charge in [-0.05, 0) is 38.1 Å². The van der Waals surface area contributed by atoms with Crippen LogP contribution >= 0.6 is 0 Å². The topological polar surface area (TPSA) is 119 Å². The van der Waals surface area contributed by atoms with Gasteiger partial charge in [0, 0.05) is 17.3 Å². The predicted molar refractivity (Wildman–Crippen MR) is 109 cm³/mol. The van der Waals surface area contributed by atoms with Crippen molar-refractivity contribution in [3.8, 4) is 0 Å². The molecule has 0 spiro atoms. The van der Waals surface area contributed by atoms with Crippen LogP contribution in [0, 0.1) is 6.92 Å². The molecule has 10 heteroatoms. The van der Waals surface area contributed by atoms with Crippen LogP contribution in [0.2, 0.25) is 0 Å². The lowest BCUT2D eigenvalue weighted by Gasteiger charge is -2.10. The fourth-order valence-electron chi connectivity index (χ4n) is 3.18. The quantitative estimate of drug-likeness (QED) is 0.626. The summed E-state index contributed by atoms with van der Waals surface area (Å²) in [4.78, 5) is 33.3. The van der Waals surface area contributed by atoms with Crippen LogP contribution < -0.4 is 10.3 Å². The standard InChI is InChI=1S/C20H18N4O5S/c1-12-6-5-9-17-22-14(10-18(25)24(12)17)11-29-20(26)13(2)21-19-15-7-3-4-8-16(15)30(27,28)23-19/h3-10,13H,11H2,1-2H3,(H,21,23)/t13-/m0/s1. The van der Waals surface area contributed by atoms with Gasteiger partial charge in [-0.2, -0.15) is 0 Å². The average molecular weight is 426 g/mol. The second kappa shape index (κ2) is 7.38. The number of sulfonamides is 1. The Morgan fingerprint density at radius 1 is 1.23 bits per heavy atom. The van der Waals surface area contributed by atoms with Gasteiger partial charge in [0.25, 0.3) is 15.6 Å². The Balaban J connectivity index is 1.51. The molecule has 0 saturated heterocycles. The SMILES string of the molecule is Cc1cccc2nc(COC(=O)[C@H](C)N=C3NS(=O)(=O)c4ccccc43)cc(=O)n12. The smallest absolute Gasteiger partial charge is 0.331 e. The van der Waals surface area contributed by atoms with Crippen LogP contribution in [-0.4, -0.2) is 35.6 Å². The van der Waals surface area contributed by atoms with Gasteiger partial charge in [-0.3, -0.25) is 18.9 Å². The molecule has 1 N–H and O–H groups in total. The van der Waals surface area contributed by atoms with E-state index in [1.54, 1.807) is 43.3 Å². The molecule has 3 heterocycles. The fourth-order valence-corrected chi connectivity index (χ4v) is 4.42. The van der Waals surface area contributed by atoms with Gasteiger partial charge >= 0.3 is 5.97 Å². The molecule has 1 aliphatic rings. The second-order valence-corrected chi connectivity index (χ2v) is 8.46. The van der Waals surface area contributed by atoms with Crippen LogP contribution in [0.3, 0.4) is 0 Å². The minimum Gasteiger partial charge on any atom is -0.458 e. The number of ether oxygens (including phenoxy) is 1. The van der Waals surface area contributed by atoms with Crippen LogP contribution in [-0.2, 0) is 26.2 Å². The van der Waals surface area contributed by atoms with E-state index in [0.717, 1.165) is 5.69 Å². The van der Waals surface area contributed by atoms with Crippen molar-refractivity contribution in [1.29, 1.82) is 0 Å². The number of hydrogen-bond donors (Lipinski definition) is 1. The van der Waals surface area contributed by atoms with Crippen molar-refractivity contribution >= 4 is 27.5 Å². The zero-order valence-electron chi connectivity index (χ0n) is 16.2. The van der Waals surface area contributed by atoms with Crippen LogP contribution in [0.4, 0.5) is 0 Å². The first-order chi connectivity index (χ1) is 14.3. The number of nitrogens with one attached hydrogen (secondary N) is 1.